The first-order valence-corrected chi connectivity index (χ1v) is 6.55. The molecule has 0 aliphatic heterocycles. The highest BCUT2D eigenvalue weighted by Crippen LogP contribution is 2.08. The number of aliphatic carboxylic acids is 3. The van der Waals surface area contributed by atoms with Crippen molar-refractivity contribution in [1.29, 1.82) is 0 Å². The number of carbonyl (C=O) groups is 4. The molecule has 0 atom stereocenters. The first-order valence-electron chi connectivity index (χ1n) is 6.55. The van der Waals surface area contributed by atoms with Gasteiger partial charge >= 0.3 is 23.9 Å². The molecule has 4 N–H and O–H groups in total. The van der Waals surface area contributed by atoms with Gasteiger partial charge in [-0.25, -0.2) is 19.2 Å². The van der Waals surface area contributed by atoms with Crippen LogP contribution in [0.4, 0.5) is 0 Å². The summed E-state index contributed by atoms with van der Waals surface area (Å²) in [6.45, 7) is -3.63. The van der Waals surface area contributed by atoms with E-state index in [4.69, 9.17) is 29.9 Å². The summed E-state index contributed by atoms with van der Waals surface area (Å²) in [6, 6.07) is 0. The van der Waals surface area contributed by atoms with E-state index in [1.54, 1.807) is 0 Å². The molecule has 0 saturated carbocycles. The van der Waals surface area contributed by atoms with E-state index in [1.807, 2.05) is 0 Å². The number of quaternary nitrogens is 1. The van der Waals surface area contributed by atoms with Crippen molar-refractivity contribution in [2.24, 2.45) is 0 Å². The molecule has 23 heavy (non-hydrogen) atoms. The highest BCUT2D eigenvalue weighted by atomic mass is 16.6. The van der Waals surface area contributed by atoms with Gasteiger partial charge in [0.15, 0.2) is 26.2 Å². The third-order valence-electron chi connectivity index (χ3n) is 2.60. The normalized spacial score (nSPS) is 11.0. The van der Waals surface area contributed by atoms with Crippen LogP contribution in [0.15, 0.2) is 0 Å². The number of aliphatic hydroxyl groups excluding tert-OH is 1. The zero-order valence-electron chi connectivity index (χ0n) is 12.3. The van der Waals surface area contributed by atoms with Crippen LogP contribution in [0.25, 0.3) is 0 Å². The average molecular weight is 338 g/mol. The fourth-order valence-corrected chi connectivity index (χ4v) is 1.90. The molecule has 132 valence electrons. The van der Waals surface area contributed by atoms with Crippen LogP contribution >= 0.6 is 0 Å². The molecule has 0 aliphatic carbocycles. The van der Waals surface area contributed by atoms with Crippen LogP contribution in [0.5, 0.6) is 0 Å². The van der Waals surface area contributed by atoms with E-state index in [0.29, 0.717) is 0 Å². The highest BCUT2D eigenvalue weighted by molar-refractivity contribution is 5.76. The van der Waals surface area contributed by atoms with Gasteiger partial charge in [0.2, 0.25) is 0 Å². The Hall–Kier alpha value is -2.24. The Bertz CT molecular complexity index is 395. The van der Waals surface area contributed by atoms with Crippen LogP contribution in [0.2, 0.25) is 0 Å². The van der Waals surface area contributed by atoms with Gasteiger partial charge in [-0.15, -0.1) is 0 Å². The Balaban J connectivity index is 4.82. The van der Waals surface area contributed by atoms with E-state index >= 15 is 0 Å². The lowest BCUT2D eigenvalue weighted by atomic mass is 10.3. The van der Waals surface area contributed by atoms with Crippen LogP contribution in [-0.2, 0) is 28.7 Å². The zero-order valence-corrected chi connectivity index (χ0v) is 12.3. The van der Waals surface area contributed by atoms with Gasteiger partial charge in [0.25, 0.3) is 0 Å². The summed E-state index contributed by atoms with van der Waals surface area (Å²) in [4.78, 5) is 44.4. The van der Waals surface area contributed by atoms with E-state index in [9.17, 15) is 19.2 Å². The summed E-state index contributed by atoms with van der Waals surface area (Å²) < 4.78 is 8.59. The Labute approximate surface area is 131 Å². The lowest BCUT2D eigenvalue weighted by Gasteiger charge is -2.32. The highest BCUT2D eigenvalue weighted by Gasteiger charge is 2.38. The Morgan fingerprint density at radius 2 is 1.22 bits per heavy atom. The third kappa shape index (κ3) is 10.2. The molecule has 0 spiro atoms. The molecule has 0 rings (SSSR count). The predicted octanol–water partition coefficient (Wildman–Crippen LogP) is -2.39. The number of carboxylic acids is 3. The molecule has 0 aromatic carbocycles. The van der Waals surface area contributed by atoms with Crippen LogP contribution < -0.4 is 0 Å². The molecule has 0 radical (unpaired) electrons. The van der Waals surface area contributed by atoms with Gasteiger partial charge in [0, 0.05) is 0 Å². The number of carbonyl (C=O) groups excluding carboxylic acids is 1. The molecule has 11 heteroatoms. The number of rotatable bonds is 13. The van der Waals surface area contributed by atoms with Gasteiger partial charge in [0.1, 0.15) is 6.61 Å². The van der Waals surface area contributed by atoms with E-state index in [2.05, 4.69) is 0 Å². The number of hydrogen-bond donors (Lipinski definition) is 4. The second kappa shape index (κ2) is 10.5. The third-order valence-corrected chi connectivity index (χ3v) is 2.60. The van der Waals surface area contributed by atoms with Crippen molar-refractivity contribution in [1.82, 2.24) is 0 Å². The zero-order chi connectivity index (χ0) is 17.9. The van der Waals surface area contributed by atoms with Crippen molar-refractivity contribution in [2.45, 2.75) is 0 Å². The number of nitrogens with zero attached hydrogens (tertiary/aromatic N) is 1. The Kier molecular flexibility index (Phi) is 9.46. The first-order chi connectivity index (χ1) is 10.7. The number of ether oxygens (including phenoxy) is 2. The van der Waals surface area contributed by atoms with Crippen LogP contribution in [0, 0.1) is 0 Å². The van der Waals surface area contributed by atoms with Crippen LogP contribution in [0.3, 0.4) is 0 Å². The maximum absolute atomic E-state index is 11.7. The number of carboxylic acid groups (broad SMARTS) is 3. The molecule has 0 saturated heterocycles. The van der Waals surface area contributed by atoms with Gasteiger partial charge in [-0.2, -0.15) is 0 Å². The molecule has 0 aromatic heterocycles. The summed E-state index contributed by atoms with van der Waals surface area (Å²) in [5.74, 6) is -5.26. The van der Waals surface area contributed by atoms with E-state index in [-0.39, 0.29) is 26.4 Å². The molecule has 11 nitrogen and oxygen atoms in total. The topological polar surface area (TPSA) is 168 Å². The molecular formula is C12H20NO10+. The van der Waals surface area contributed by atoms with Crippen molar-refractivity contribution in [3.8, 4) is 0 Å². The summed E-state index contributed by atoms with van der Waals surface area (Å²) in [5.41, 5.74) is 0. The van der Waals surface area contributed by atoms with Crippen molar-refractivity contribution in [2.75, 3.05) is 52.6 Å². The van der Waals surface area contributed by atoms with E-state index in [0.717, 1.165) is 0 Å². The second-order valence-corrected chi connectivity index (χ2v) is 4.71. The van der Waals surface area contributed by atoms with Crippen molar-refractivity contribution >= 4 is 23.9 Å². The van der Waals surface area contributed by atoms with Gasteiger partial charge in [0.05, 0.1) is 19.8 Å². The summed E-state index contributed by atoms with van der Waals surface area (Å²) in [5, 5.41) is 35.1. The first kappa shape index (κ1) is 20.8. The van der Waals surface area contributed by atoms with Crippen molar-refractivity contribution < 1.29 is 53.6 Å². The molecule has 0 aliphatic rings. The summed E-state index contributed by atoms with van der Waals surface area (Å²) in [6.07, 6.45) is 0. The minimum atomic E-state index is -1.44. The number of aliphatic hydroxyl groups is 1. The van der Waals surface area contributed by atoms with Gasteiger partial charge in [-0.3, -0.25) is 4.48 Å². The second-order valence-electron chi connectivity index (χ2n) is 4.71. The maximum Gasteiger partial charge on any atom is 0.361 e. The van der Waals surface area contributed by atoms with Gasteiger partial charge < -0.3 is 29.9 Å². The number of esters is 1. The minimum absolute atomic E-state index is 0.0108. The van der Waals surface area contributed by atoms with Crippen LogP contribution in [0.1, 0.15) is 0 Å². The molecular weight excluding hydrogens is 318 g/mol. The molecule has 0 fully saturated rings. The molecule has 0 amide bonds. The average Bonchev–Trinajstić information content (AvgIpc) is 2.35. The fourth-order valence-electron chi connectivity index (χ4n) is 1.90. The fraction of sp³-hybridized carbons (Fsp3) is 0.667. The summed E-state index contributed by atoms with van der Waals surface area (Å²) >= 11 is 0. The molecule has 0 aromatic rings. The standard InChI is InChI=1S/C12H19NO10/c14-1-2-22-3-4-23-12(21)8-13(5-9(15)16,6-10(17)18)7-11(19)20/h14H,1-8H2,(H2-,15,16,17,18,19,20)/p+1. The molecule has 0 heterocycles. The SMILES string of the molecule is O=C(O)C[N+](CC(=O)O)(CC(=O)O)CC(=O)OCCOCCO. The van der Waals surface area contributed by atoms with Crippen molar-refractivity contribution in [3.63, 3.8) is 0 Å². The monoisotopic (exact) mass is 338 g/mol. The molecule has 0 bridgehead atoms. The van der Waals surface area contributed by atoms with Crippen LogP contribution in [-0.4, -0.2) is 101 Å². The largest absolute Gasteiger partial charge is 0.477 e. The lowest BCUT2D eigenvalue weighted by Crippen LogP contribution is -2.59. The number of hydrogen-bond acceptors (Lipinski definition) is 7. The van der Waals surface area contributed by atoms with Gasteiger partial charge in [-0.05, 0) is 0 Å². The summed E-state index contributed by atoms with van der Waals surface area (Å²) in [7, 11) is 0. The van der Waals surface area contributed by atoms with E-state index < -0.39 is 54.5 Å². The quantitative estimate of drug-likeness (QED) is 0.161. The Morgan fingerprint density at radius 1 is 0.739 bits per heavy atom. The maximum atomic E-state index is 11.7. The predicted molar refractivity (Wildman–Crippen MR) is 71.5 cm³/mol. The minimum Gasteiger partial charge on any atom is -0.477 e. The smallest absolute Gasteiger partial charge is 0.361 e. The Morgan fingerprint density at radius 3 is 1.61 bits per heavy atom. The van der Waals surface area contributed by atoms with Crippen molar-refractivity contribution in [3.05, 3.63) is 0 Å². The lowest BCUT2D eigenvalue weighted by molar-refractivity contribution is -0.900. The van der Waals surface area contributed by atoms with Gasteiger partial charge in [-0.1, -0.05) is 0 Å². The molecule has 0 unspecified atom stereocenters. The van der Waals surface area contributed by atoms with E-state index in [1.165, 1.54) is 0 Å².